The maximum absolute atomic E-state index is 5.92. The third kappa shape index (κ3) is 5.23. The smallest absolute Gasteiger partial charge is 0.191 e. The molecule has 3 fully saturated rings. The minimum absolute atomic E-state index is 0. The van der Waals surface area contributed by atoms with Crippen LogP contribution in [-0.4, -0.2) is 64.2 Å². The highest BCUT2D eigenvalue weighted by Gasteiger charge is 2.59. The Hall–Kier alpha value is -0.120. The van der Waals surface area contributed by atoms with Crippen molar-refractivity contribution in [1.82, 2.24) is 10.6 Å². The van der Waals surface area contributed by atoms with Crippen LogP contribution < -0.4 is 10.6 Å². The zero-order valence-corrected chi connectivity index (χ0v) is 18.6. The van der Waals surface area contributed by atoms with Gasteiger partial charge in [-0.3, -0.25) is 4.99 Å². The molecule has 1 aliphatic heterocycles. The lowest BCUT2D eigenvalue weighted by molar-refractivity contribution is -0.168. The van der Waals surface area contributed by atoms with Gasteiger partial charge in [0.25, 0.3) is 0 Å². The summed E-state index contributed by atoms with van der Waals surface area (Å²) in [6, 6.07) is 0.500. The lowest BCUT2D eigenvalue weighted by Crippen LogP contribution is -2.68. The predicted octanol–water partition coefficient (Wildman–Crippen LogP) is 2.70. The maximum Gasteiger partial charge on any atom is 0.191 e. The van der Waals surface area contributed by atoms with E-state index in [9.17, 15) is 0 Å². The van der Waals surface area contributed by atoms with Crippen LogP contribution >= 0.6 is 24.0 Å². The lowest BCUT2D eigenvalue weighted by Gasteiger charge is -2.61. The summed E-state index contributed by atoms with van der Waals surface area (Å²) in [6.07, 6.45) is 9.03. The molecule has 2 saturated carbocycles. The molecule has 3 atom stereocenters. The highest BCUT2D eigenvalue weighted by molar-refractivity contribution is 14.0. The van der Waals surface area contributed by atoms with Crippen molar-refractivity contribution >= 4 is 29.9 Å². The number of hydrogen-bond donors (Lipinski definition) is 2. The van der Waals surface area contributed by atoms with E-state index in [4.69, 9.17) is 14.2 Å². The van der Waals surface area contributed by atoms with Gasteiger partial charge in [0.2, 0.25) is 0 Å². The Morgan fingerprint density at radius 1 is 1.31 bits per heavy atom. The van der Waals surface area contributed by atoms with Crippen LogP contribution in [0.2, 0.25) is 0 Å². The van der Waals surface area contributed by atoms with Crippen LogP contribution in [0.4, 0.5) is 0 Å². The molecule has 2 aliphatic carbocycles. The van der Waals surface area contributed by atoms with Crippen molar-refractivity contribution in [1.29, 1.82) is 0 Å². The minimum Gasteiger partial charge on any atom is -0.379 e. The molecule has 3 unspecified atom stereocenters. The number of nitrogens with zero attached hydrogens (tertiary/aromatic N) is 1. The van der Waals surface area contributed by atoms with Crippen LogP contribution in [0.15, 0.2) is 4.99 Å². The summed E-state index contributed by atoms with van der Waals surface area (Å²) in [5.74, 6) is 0.908. The first-order valence-corrected chi connectivity index (χ1v) is 10.1. The summed E-state index contributed by atoms with van der Waals surface area (Å²) >= 11 is 0. The molecule has 0 aromatic rings. The Bertz CT molecular complexity index is 440. The first-order chi connectivity index (χ1) is 12.3. The largest absolute Gasteiger partial charge is 0.379 e. The fraction of sp³-hybridized carbons (Fsp3) is 0.947. The third-order valence-corrected chi connectivity index (χ3v) is 6.06. The van der Waals surface area contributed by atoms with Crippen LogP contribution in [-0.2, 0) is 14.2 Å². The predicted molar refractivity (Wildman–Crippen MR) is 114 cm³/mol. The summed E-state index contributed by atoms with van der Waals surface area (Å²) in [4.78, 5) is 4.38. The molecule has 3 aliphatic rings. The molecular weight excluding hydrogens is 445 g/mol. The van der Waals surface area contributed by atoms with Gasteiger partial charge in [-0.1, -0.05) is 6.42 Å². The summed E-state index contributed by atoms with van der Waals surface area (Å²) in [5, 5.41) is 7.03. The van der Waals surface area contributed by atoms with E-state index in [1.54, 1.807) is 0 Å². The van der Waals surface area contributed by atoms with E-state index in [1.165, 1.54) is 25.7 Å². The Morgan fingerprint density at radius 3 is 2.77 bits per heavy atom. The molecule has 0 aromatic carbocycles. The van der Waals surface area contributed by atoms with Crippen LogP contribution in [0.1, 0.15) is 51.9 Å². The summed E-state index contributed by atoms with van der Waals surface area (Å²) < 4.78 is 17.2. The van der Waals surface area contributed by atoms with E-state index in [1.807, 2.05) is 7.05 Å². The molecule has 152 valence electrons. The third-order valence-electron chi connectivity index (χ3n) is 6.06. The second-order valence-corrected chi connectivity index (χ2v) is 7.53. The molecule has 1 heterocycles. The number of halogens is 1. The van der Waals surface area contributed by atoms with E-state index in [0.29, 0.717) is 23.7 Å². The average molecular weight is 481 g/mol. The number of rotatable bonds is 9. The Balaban J connectivity index is 0.00000243. The summed E-state index contributed by atoms with van der Waals surface area (Å²) in [6.45, 7) is 6.18. The molecule has 0 bridgehead atoms. The number of aliphatic imine (C=N–C) groups is 1. The molecule has 0 radical (unpaired) electrons. The van der Waals surface area contributed by atoms with Gasteiger partial charge in [-0.05, 0) is 45.4 Å². The second-order valence-electron chi connectivity index (χ2n) is 7.53. The van der Waals surface area contributed by atoms with E-state index >= 15 is 0 Å². The molecule has 1 saturated heterocycles. The molecule has 0 amide bonds. The van der Waals surface area contributed by atoms with E-state index in [-0.39, 0.29) is 24.0 Å². The van der Waals surface area contributed by atoms with Crippen molar-refractivity contribution in [3.8, 4) is 0 Å². The van der Waals surface area contributed by atoms with Gasteiger partial charge in [-0.15, -0.1) is 24.0 Å². The Kier molecular flexibility index (Phi) is 9.40. The van der Waals surface area contributed by atoms with Crippen molar-refractivity contribution in [2.24, 2.45) is 10.4 Å². The van der Waals surface area contributed by atoms with Gasteiger partial charge in [0.15, 0.2) is 5.96 Å². The van der Waals surface area contributed by atoms with Crippen molar-refractivity contribution in [2.75, 3.05) is 40.0 Å². The quantitative estimate of drug-likeness (QED) is 0.230. The zero-order chi connectivity index (χ0) is 17.5. The van der Waals surface area contributed by atoms with E-state index < -0.39 is 0 Å². The molecule has 6 nitrogen and oxygen atoms in total. The standard InChI is InChI=1S/C19H35N3O3.HI/c1-3-24-17-13-16(19(17)8-5-9-19)22-18(20-2)21-10-6-11-23-14-15-7-4-12-25-15;/h15-17H,3-14H2,1-2H3,(H2,20,21,22);1H. The molecule has 3 rings (SSSR count). The van der Waals surface area contributed by atoms with Crippen LogP contribution in [0.5, 0.6) is 0 Å². The number of hydrogen-bond acceptors (Lipinski definition) is 4. The first-order valence-electron chi connectivity index (χ1n) is 10.1. The topological polar surface area (TPSA) is 64.1 Å². The second kappa shape index (κ2) is 11.0. The lowest BCUT2D eigenvalue weighted by atomic mass is 9.51. The number of ether oxygens (including phenoxy) is 3. The fourth-order valence-corrected chi connectivity index (χ4v) is 4.37. The van der Waals surface area contributed by atoms with Crippen molar-refractivity contribution in [3.63, 3.8) is 0 Å². The molecular formula is C19H36IN3O3. The van der Waals surface area contributed by atoms with E-state index in [0.717, 1.165) is 58.2 Å². The van der Waals surface area contributed by atoms with Crippen LogP contribution in [0.3, 0.4) is 0 Å². The van der Waals surface area contributed by atoms with Crippen molar-refractivity contribution in [2.45, 2.75) is 70.1 Å². The van der Waals surface area contributed by atoms with Crippen molar-refractivity contribution < 1.29 is 14.2 Å². The molecule has 0 aromatic heterocycles. The van der Waals surface area contributed by atoms with Gasteiger partial charge in [-0.2, -0.15) is 0 Å². The monoisotopic (exact) mass is 481 g/mol. The molecule has 1 spiro atoms. The molecule has 26 heavy (non-hydrogen) atoms. The highest BCUT2D eigenvalue weighted by atomic mass is 127. The summed E-state index contributed by atoms with van der Waals surface area (Å²) in [7, 11) is 1.84. The minimum atomic E-state index is 0. The van der Waals surface area contributed by atoms with Crippen molar-refractivity contribution in [3.05, 3.63) is 0 Å². The number of nitrogens with one attached hydrogen (secondary N) is 2. The van der Waals surface area contributed by atoms with Gasteiger partial charge in [0, 0.05) is 44.9 Å². The van der Waals surface area contributed by atoms with Crippen LogP contribution in [0.25, 0.3) is 0 Å². The van der Waals surface area contributed by atoms with E-state index in [2.05, 4.69) is 22.5 Å². The van der Waals surface area contributed by atoms with Gasteiger partial charge >= 0.3 is 0 Å². The van der Waals surface area contributed by atoms with Gasteiger partial charge < -0.3 is 24.8 Å². The maximum atomic E-state index is 5.92. The SMILES string of the molecule is CCOC1CC(NC(=NC)NCCCOCC2CCCO2)C12CCC2.I. The van der Waals surface area contributed by atoms with Gasteiger partial charge in [-0.25, -0.2) is 0 Å². The average Bonchev–Trinajstić information content (AvgIpc) is 3.07. The van der Waals surface area contributed by atoms with Gasteiger partial charge in [0.05, 0.1) is 18.8 Å². The van der Waals surface area contributed by atoms with Gasteiger partial charge in [0.1, 0.15) is 0 Å². The Labute approximate surface area is 175 Å². The number of guanidine groups is 1. The normalized spacial score (nSPS) is 29.6. The summed E-state index contributed by atoms with van der Waals surface area (Å²) in [5.41, 5.74) is 0.359. The zero-order valence-electron chi connectivity index (χ0n) is 16.3. The fourth-order valence-electron chi connectivity index (χ4n) is 4.37. The molecule has 2 N–H and O–H groups in total. The van der Waals surface area contributed by atoms with Crippen LogP contribution in [0, 0.1) is 5.41 Å². The highest BCUT2D eigenvalue weighted by Crippen LogP contribution is 2.57. The Morgan fingerprint density at radius 2 is 2.15 bits per heavy atom. The molecule has 7 heteroatoms. The first kappa shape index (κ1) is 22.2.